The fourth-order valence-corrected chi connectivity index (χ4v) is 2.10. The molecule has 1 N–H and O–H groups in total. The summed E-state index contributed by atoms with van der Waals surface area (Å²) in [4.78, 5) is 11.9. The molecule has 3 aromatic rings. The highest BCUT2D eigenvalue weighted by Crippen LogP contribution is 2.20. The summed E-state index contributed by atoms with van der Waals surface area (Å²) in [5.41, 5.74) is 1.27. The lowest BCUT2D eigenvalue weighted by Crippen LogP contribution is -2.07. The van der Waals surface area contributed by atoms with Crippen LogP contribution >= 0.6 is 11.6 Å². The van der Waals surface area contributed by atoms with Crippen molar-refractivity contribution in [3.8, 4) is 11.5 Å². The van der Waals surface area contributed by atoms with E-state index >= 15 is 0 Å². The summed E-state index contributed by atoms with van der Waals surface area (Å²) in [5, 5.41) is 10.5. The summed E-state index contributed by atoms with van der Waals surface area (Å²) >= 11 is 6.00. The molecular formula is C17H11ClFN3O2. The minimum atomic E-state index is -0.441. The van der Waals surface area contributed by atoms with E-state index in [1.165, 1.54) is 30.3 Å². The molecule has 120 valence electrons. The Morgan fingerprint density at radius 2 is 1.88 bits per heavy atom. The normalized spacial score (nSPS) is 10.9. The third-order valence-corrected chi connectivity index (χ3v) is 3.41. The maximum Gasteiger partial charge on any atom is 0.322 e. The highest BCUT2D eigenvalue weighted by molar-refractivity contribution is 6.32. The molecule has 1 aromatic heterocycles. The van der Waals surface area contributed by atoms with E-state index in [0.717, 1.165) is 0 Å². The lowest BCUT2D eigenvalue weighted by atomic mass is 10.2. The Morgan fingerprint density at radius 3 is 2.62 bits per heavy atom. The van der Waals surface area contributed by atoms with Gasteiger partial charge in [-0.2, -0.15) is 0 Å². The standard InChI is InChI=1S/C17H11ClFN3O2/c18-14-4-2-1-3-11(14)7-10-15(23)20-17-22-21-16(24-17)12-5-8-13(19)9-6-12/h1-10H,(H,20,22,23). The van der Waals surface area contributed by atoms with Crippen molar-refractivity contribution in [1.29, 1.82) is 0 Å². The van der Waals surface area contributed by atoms with Crippen LogP contribution in [-0.2, 0) is 4.79 Å². The van der Waals surface area contributed by atoms with Gasteiger partial charge in [0.25, 0.3) is 5.91 Å². The van der Waals surface area contributed by atoms with E-state index in [2.05, 4.69) is 15.5 Å². The number of hydrogen-bond acceptors (Lipinski definition) is 4. The average molecular weight is 344 g/mol. The SMILES string of the molecule is O=C(C=Cc1ccccc1Cl)Nc1nnc(-c2ccc(F)cc2)o1. The molecule has 1 amide bonds. The number of rotatable bonds is 4. The molecule has 0 fully saturated rings. The largest absolute Gasteiger partial charge is 0.403 e. The van der Waals surface area contributed by atoms with E-state index in [0.29, 0.717) is 16.1 Å². The minimum Gasteiger partial charge on any atom is -0.403 e. The summed E-state index contributed by atoms with van der Waals surface area (Å²) in [5.74, 6) is -0.624. The molecule has 0 bridgehead atoms. The van der Waals surface area contributed by atoms with E-state index in [9.17, 15) is 9.18 Å². The van der Waals surface area contributed by atoms with Gasteiger partial charge in [0, 0.05) is 16.7 Å². The molecule has 0 aliphatic carbocycles. The van der Waals surface area contributed by atoms with Crippen molar-refractivity contribution in [3.05, 3.63) is 71.0 Å². The smallest absolute Gasteiger partial charge is 0.322 e. The molecule has 0 radical (unpaired) electrons. The molecule has 0 saturated carbocycles. The maximum absolute atomic E-state index is 12.9. The quantitative estimate of drug-likeness (QED) is 0.721. The number of benzene rings is 2. The fourth-order valence-electron chi connectivity index (χ4n) is 1.91. The Bertz CT molecular complexity index is 891. The van der Waals surface area contributed by atoms with Crippen molar-refractivity contribution in [1.82, 2.24) is 10.2 Å². The molecule has 24 heavy (non-hydrogen) atoms. The Balaban J connectivity index is 1.67. The van der Waals surface area contributed by atoms with Crippen LogP contribution in [0.1, 0.15) is 5.56 Å². The number of amides is 1. The number of halogens is 2. The molecule has 0 aliphatic heterocycles. The van der Waals surface area contributed by atoms with Crippen LogP contribution in [0.2, 0.25) is 5.02 Å². The molecule has 0 saturated heterocycles. The number of nitrogens with one attached hydrogen (secondary N) is 1. The highest BCUT2D eigenvalue weighted by atomic mass is 35.5. The van der Waals surface area contributed by atoms with E-state index in [1.54, 1.807) is 24.3 Å². The van der Waals surface area contributed by atoms with Crippen molar-refractivity contribution < 1.29 is 13.6 Å². The van der Waals surface area contributed by atoms with Gasteiger partial charge in [-0.1, -0.05) is 34.9 Å². The first-order valence-corrected chi connectivity index (χ1v) is 7.32. The number of aromatic nitrogens is 2. The maximum atomic E-state index is 12.9. The monoisotopic (exact) mass is 343 g/mol. The third-order valence-electron chi connectivity index (χ3n) is 3.07. The van der Waals surface area contributed by atoms with E-state index in [4.69, 9.17) is 16.0 Å². The van der Waals surface area contributed by atoms with Crippen LogP contribution in [0.4, 0.5) is 10.4 Å². The Labute approximate surface area is 141 Å². The first-order chi connectivity index (χ1) is 11.6. The second kappa shape index (κ2) is 7.06. The Hall–Kier alpha value is -2.99. The van der Waals surface area contributed by atoms with Gasteiger partial charge < -0.3 is 4.42 Å². The first kappa shape index (κ1) is 15.9. The number of nitrogens with zero attached hydrogens (tertiary/aromatic N) is 2. The van der Waals surface area contributed by atoms with Crippen LogP contribution in [0, 0.1) is 5.82 Å². The summed E-state index contributed by atoms with van der Waals surface area (Å²) in [6, 6.07) is 12.7. The summed E-state index contributed by atoms with van der Waals surface area (Å²) in [6.45, 7) is 0. The highest BCUT2D eigenvalue weighted by Gasteiger charge is 2.10. The van der Waals surface area contributed by atoms with Gasteiger partial charge >= 0.3 is 6.01 Å². The van der Waals surface area contributed by atoms with Gasteiger partial charge in [-0.05, 0) is 42.0 Å². The van der Waals surface area contributed by atoms with Crippen molar-refractivity contribution >= 4 is 29.6 Å². The van der Waals surface area contributed by atoms with Crippen LogP contribution in [0.5, 0.6) is 0 Å². The van der Waals surface area contributed by atoms with Crippen LogP contribution in [-0.4, -0.2) is 16.1 Å². The van der Waals surface area contributed by atoms with Gasteiger partial charge in [0.05, 0.1) is 0 Å². The molecule has 2 aromatic carbocycles. The van der Waals surface area contributed by atoms with Crippen molar-refractivity contribution in [3.63, 3.8) is 0 Å². The van der Waals surface area contributed by atoms with E-state index in [1.807, 2.05) is 6.07 Å². The second-order valence-electron chi connectivity index (χ2n) is 4.76. The minimum absolute atomic E-state index is 0.0527. The Kier molecular flexibility index (Phi) is 4.67. The lowest BCUT2D eigenvalue weighted by molar-refractivity contribution is -0.112. The van der Waals surface area contributed by atoms with Gasteiger partial charge in [0.1, 0.15) is 5.82 Å². The predicted molar refractivity (Wildman–Crippen MR) is 88.8 cm³/mol. The lowest BCUT2D eigenvalue weighted by Gasteiger charge is -1.97. The summed E-state index contributed by atoms with van der Waals surface area (Å²) in [7, 11) is 0. The molecule has 0 unspecified atom stereocenters. The average Bonchev–Trinajstić information content (AvgIpc) is 3.03. The fraction of sp³-hybridized carbons (Fsp3) is 0. The van der Waals surface area contributed by atoms with Crippen LogP contribution in [0.3, 0.4) is 0 Å². The van der Waals surface area contributed by atoms with Crippen LogP contribution < -0.4 is 5.32 Å². The third kappa shape index (κ3) is 3.85. The summed E-state index contributed by atoms with van der Waals surface area (Å²) in [6.07, 6.45) is 2.89. The number of hydrogen-bond donors (Lipinski definition) is 1. The zero-order chi connectivity index (χ0) is 16.9. The van der Waals surface area contributed by atoms with Crippen molar-refractivity contribution in [2.75, 3.05) is 5.32 Å². The van der Waals surface area contributed by atoms with Crippen LogP contribution in [0.25, 0.3) is 17.5 Å². The first-order valence-electron chi connectivity index (χ1n) is 6.95. The molecule has 0 aliphatic rings. The predicted octanol–water partition coefficient (Wildman–Crippen LogP) is 4.18. The summed E-state index contributed by atoms with van der Waals surface area (Å²) < 4.78 is 18.2. The topological polar surface area (TPSA) is 68.0 Å². The molecule has 0 atom stereocenters. The van der Waals surface area contributed by atoms with E-state index in [-0.39, 0.29) is 17.7 Å². The van der Waals surface area contributed by atoms with Gasteiger partial charge in [0.15, 0.2) is 0 Å². The van der Waals surface area contributed by atoms with Gasteiger partial charge in [0.2, 0.25) is 5.89 Å². The molecule has 3 rings (SSSR count). The van der Waals surface area contributed by atoms with Crippen LogP contribution in [0.15, 0.2) is 59.0 Å². The zero-order valence-corrected chi connectivity index (χ0v) is 13.0. The zero-order valence-electron chi connectivity index (χ0n) is 12.2. The van der Waals surface area contributed by atoms with Gasteiger partial charge in [-0.25, -0.2) is 4.39 Å². The number of carbonyl (C=O) groups excluding carboxylic acids is 1. The number of carbonyl (C=O) groups is 1. The molecule has 5 nitrogen and oxygen atoms in total. The second-order valence-corrected chi connectivity index (χ2v) is 5.17. The molecule has 0 spiro atoms. The van der Waals surface area contributed by atoms with Gasteiger partial charge in [-0.3, -0.25) is 10.1 Å². The number of anilines is 1. The molecule has 7 heteroatoms. The van der Waals surface area contributed by atoms with Crippen molar-refractivity contribution in [2.24, 2.45) is 0 Å². The van der Waals surface area contributed by atoms with E-state index < -0.39 is 5.91 Å². The van der Waals surface area contributed by atoms with Crippen molar-refractivity contribution in [2.45, 2.75) is 0 Å². The Morgan fingerprint density at radius 1 is 1.12 bits per heavy atom. The molecule has 1 heterocycles. The van der Waals surface area contributed by atoms with Gasteiger partial charge in [-0.15, -0.1) is 5.10 Å². The molecular weight excluding hydrogens is 333 g/mol.